The Hall–Kier alpha value is -1.31. The molecule has 1 heterocycles. The van der Waals surface area contributed by atoms with Crippen LogP contribution in [0.25, 0.3) is 0 Å². The van der Waals surface area contributed by atoms with Crippen molar-refractivity contribution >= 4 is 12.4 Å². The maximum absolute atomic E-state index is 2.66. The summed E-state index contributed by atoms with van der Waals surface area (Å²) >= 11 is 0. The van der Waals surface area contributed by atoms with Crippen molar-refractivity contribution in [2.45, 2.75) is 31.7 Å². The van der Waals surface area contributed by atoms with Crippen LogP contribution in [0.5, 0.6) is 0 Å². The number of benzene rings is 2. The predicted octanol–water partition coefficient (Wildman–Crippen LogP) is 4.66. The van der Waals surface area contributed by atoms with Crippen molar-refractivity contribution in [2.75, 3.05) is 13.1 Å². The number of likely N-dealkylation sites (tertiary alicyclic amines) is 1. The topological polar surface area (TPSA) is 3.24 Å². The first-order valence-electron chi connectivity index (χ1n) is 8.24. The van der Waals surface area contributed by atoms with Gasteiger partial charge in [0, 0.05) is 13.1 Å². The second-order valence-corrected chi connectivity index (χ2v) is 6.61. The Morgan fingerprint density at radius 3 is 2.55 bits per heavy atom. The van der Waals surface area contributed by atoms with Crippen LogP contribution in [0.4, 0.5) is 0 Å². The molecular weight excluding hydrogens is 290 g/mol. The largest absolute Gasteiger partial charge is 0.299 e. The fourth-order valence-electron chi connectivity index (χ4n) is 4.26. The first-order valence-corrected chi connectivity index (χ1v) is 8.24. The average molecular weight is 314 g/mol. The molecule has 0 bridgehead atoms. The lowest BCUT2D eigenvalue weighted by atomic mass is 9.71. The first-order chi connectivity index (χ1) is 10.4. The lowest BCUT2D eigenvalue weighted by Gasteiger charge is -2.42. The highest BCUT2D eigenvalue weighted by molar-refractivity contribution is 5.85. The molecule has 1 aliphatic carbocycles. The molecule has 2 atom stereocenters. The molecule has 116 valence electrons. The predicted molar refractivity (Wildman–Crippen MR) is 94.6 cm³/mol. The molecule has 2 aliphatic rings. The molecule has 1 aliphatic heterocycles. The van der Waals surface area contributed by atoms with Crippen molar-refractivity contribution in [3.8, 4) is 0 Å². The number of rotatable bonds is 2. The van der Waals surface area contributed by atoms with E-state index >= 15 is 0 Å². The zero-order chi connectivity index (χ0) is 14.1. The lowest BCUT2D eigenvalue weighted by molar-refractivity contribution is 0.135. The molecule has 0 unspecified atom stereocenters. The Morgan fingerprint density at radius 2 is 1.68 bits per heavy atom. The Morgan fingerprint density at radius 1 is 0.909 bits per heavy atom. The number of halogens is 1. The summed E-state index contributed by atoms with van der Waals surface area (Å²) in [6, 6.07) is 20.0. The summed E-state index contributed by atoms with van der Waals surface area (Å²) in [7, 11) is 0. The maximum Gasteiger partial charge on any atom is 0.0233 e. The van der Waals surface area contributed by atoms with Crippen LogP contribution in [0.2, 0.25) is 0 Å². The summed E-state index contributed by atoms with van der Waals surface area (Å²) in [5.41, 5.74) is 4.70. The molecule has 0 N–H and O–H groups in total. The molecule has 4 rings (SSSR count). The van der Waals surface area contributed by atoms with E-state index in [1.165, 1.54) is 37.9 Å². The number of nitrogens with zero attached hydrogens (tertiary/aromatic N) is 1. The van der Waals surface area contributed by atoms with E-state index < -0.39 is 0 Å². The van der Waals surface area contributed by atoms with Gasteiger partial charge in [0.1, 0.15) is 0 Å². The Bertz CT molecular complexity index is 610. The average Bonchev–Trinajstić information content (AvgIpc) is 2.55. The minimum atomic E-state index is 0. The number of aryl methyl sites for hydroxylation is 1. The fourth-order valence-corrected chi connectivity index (χ4v) is 4.26. The smallest absolute Gasteiger partial charge is 0.0233 e. The molecule has 0 spiro atoms. The maximum atomic E-state index is 2.66. The molecule has 0 aromatic heterocycles. The third-order valence-electron chi connectivity index (χ3n) is 5.31. The molecule has 1 nitrogen and oxygen atoms in total. The molecule has 0 saturated carbocycles. The van der Waals surface area contributed by atoms with Crippen LogP contribution in [-0.4, -0.2) is 18.0 Å². The van der Waals surface area contributed by atoms with Crippen molar-refractivity contribution in [1.29, 1.82) is 0 Å². The van der Waals surface area contributed by atoms with Crippen molar-refractivity contribution in [2.24, 2.45) is 5.92 Å². The quantitative estimate of drug-likeness (QED) is 0.779. The second kappa shape index (κ2) is 6.85. The molecule has 2 aromatic rings. The third-order valence-corrected chi connectivity index (χ3v) is 5.31. The van der Waals surface area contributed by atoms with Crippen molar-refractivity contribution in [3.63, 3.8) is 0 Å². The van der Waals surface area contributed by atoms with Gasteiger partial charge in [0.05, 0.1) is 0 Å². The molecule has 1 fully saturated rings. The van der Waals surface area contributed by atoms with E-state index in [1.54, 1.807) is 11.1 Å². The highest BCUT2D eigenvalue weighted by Gasteiger charge is 2.33. The minimum absolute atomic E-state index is 0. The third kappa shape index (κ3) is 3.06. The number of piperidine rings is 1. The van der Waals surface area contributed by atoms with Crippen molar-refractivity contribution in [3.05, 3.63) is 71.3 Å². The standard InChI is InChI=1S/C20H23N.ClH/c1-2-6-16(7-3-1)14-21-13-12-20-18(15-21)11-10-17-8-4-5-9-19(17)20;/h1-9,18,20H,10-15H2;1H/t18-,20+;/m0./s1. The molecular formula is C20H24ClN. The molecule has 2 aromatic carbocycles. The van der Waals surface area contributed by atoms with Gasteiger partial charge in [-0.2, -0.15) is 0 Å². The molecule has 1 saturated heterocycles. The Labute approximate surface area is 139 Å². The Kier molecular flexibility index (Phi) is 4.85. The van der Waals surface area contributed by atoms with Crippen LogP contribution in [0.1, 0.15) is 35.4 Å². The molecule has 0 radical (unpaired) electrons. The van der Waals surface area contributed by atoms with Gasteiger partial charge in [-0.25, -0.2) is 0 Å². The van der Waals surface area contributed by atoms with Gasteiger partial charge in [0.15, 0.2) is 0 Å². The van der Waals surface area contributed by atoms with Crippen molar-refractivity contribution in [1.82, 2.24) is 4.90 Å². The van der Waals surface area contributed by atoms with Crippen LogP contribution in [0.15, 0.2) is 54.6 Å². The first kappa shape index (κ1) is 15.6. The zero-order valence-corrected chi connectivity index (χ0v) is 13.8. The highest BCUT2D eigenvalue weighted by atomic mass is 35.5. The van der Waals surface area contributed by atoms with Crippen LogP contribution in [-0.2, 0) is 13.0 Å². The van der Waals surface area contributed by atoms with Gasteiger partial charge in [-0.15, -0.1) is 12.4 Å². The summed E-state index contributed by atoms with van der Waals surface area (Å²) < 4.78 is 0. The zero-order valence-electron chi connectivity index (χ0n) is 12.9. The van der Waals surface area contributed by atoms with E-state index in [4.69, 9.17) is 0 Å². The van der Waals surface area contributed by atoms with Crippen LogP contribution < -0.4 is 0 Å². The van der Waals surface area contributed by atoms with E-state index in [0.29, 0.717) is 0 Å². The fraction of sp³-hybridized carbons (Fsp3) is 0.400. The van der Waals surface area contributed by atoms with Gasteiger partial charge in [0.25, 0.3) is 0 Å². The van der Waals surface area contributed by atoms with Gasteiger partial charge in [-0.3, -0.25) is 4.90 Å². The van der Waals surface area contributed by atoms with Gasteiger partial charge < -0.3 is 0 Å². The summed E-state index contributed by atoms with van der Waals surface area (Å²) in [6.45, 7) is 3.63. The van der Waals surface area contributed by atoms with Crippen LogP contribution in [0.3, 0.4) is 0 Å². The monoisotopic (exact) mass is 313 g/mol. The number of fused-ring (bicyclic) bond motifs is 3. The van der Waals surface area contributed by atoms with E-state index in [0.717, 1.165) is 18.4 Å². The van der Waals surface area contributed by atoms with E-state index in [-0.39, 0.29) is 12.4 Å². The Balaban J connectivity index is 0.00000144. The number of hydrogen-bond acceptors (Lipinski definition) is 1. The van der Waals surface area contributed by atoms with E-state index in [2.05, 4.69) is 59.5 Å². The summed E-state index contributed by atoms with van der Waals surface area (Å²) in [6.07, 6.45) is 3.97. The van der Waals surface area contributed by atoms with E-state index in [1.807, 2.05) is 0 Å². The van der Waals surface area contributed by atoms with Crippen molar-refractivity contribution < 1.29 is 0 Å². The highest BCUT2D eigenvalue weighted by Crippen LogP contribution is 2.41. The summed E-state index contributed by atoms with van der Waals surface area (Å²) in [5, 5.41) is 0. The molecule has 2 heteroatoms. The van der Waals surface area contributed by atoms with Gasteiger partial charge in [0.2, 0.25) is 0 Å². The number of hydrogen-bond donors (Lipinski definition) is 0. The SMILES string of the molecule is Cl.c1ccc(CN2CC[C@H]3c4ccccc4CC[C@H]3C2)cc1. The van der Waals surface area contributed by atoms with Crippen LogP contribution in [0, 0.1) is 5.92 Å². The van der Waals surface area contributed by atoms with Crippen LogP contribution >= 0.6 is 12.4 Å². The molecule has 22 heavy (non-hydrogen) atoms. The second-order valence-electron chi connectivity index (χ2n) is 6.61. The molecule has 0 amide bonds. The van der Waals surface area contributed by atoms with Gasteiger partial charge >= 0.3 is 0 Å². The summed E-state index contributed by atoms with van der Waals surface area (Å²) in [4.78, 5) is 2.66. The minimum Gasteiger partial charge on any atom is -0.299 e. The van der Waals surface area contributed by atoms with Gasteiger partial charge in [-0.05, 0) is 54.3 Å². The summed E-state index contributed by atoms with van der Waals surface area (Å²) in [5.74, 6) is 1.67. The van der Waals surface area contributed by atoms with Gasteiger partial charge in [-0.1, -0.05) is 54.6 Å². The van der Waals surface area contributed by atoms with E-state index in [9.17, 15) is 0 Å². The lowest BCUT2D eigenvalue weighted by Crippen LogP contribution is -2.40. The normalized spacial score (nSPS) is 24.0.